The zero-order chi connectivity index (χ0) is 30.9. The van der Waals surface area contributed by atoms with E-state index < -0.39 is 17.1 Å². The molecular formula is C32H25Cl4N3O3S. The topological polar surface area (TPSA) is 87.3 Å². The highest BCUT2D eigenvalue weighted by molar-refractivity contribution is 8.00. The lowest BCUT2D eigenvalue weighted by Crippen LogP contribution is -2.30. The van der Waals surface area contributed by atoms with Gasteiger partial charge in [0.1, 0.15) is 5.70 Å². The van der Waals surface area contributed by atoms with Crippen molar-refractivity contribution in [1.82, 2.24) is 5.32 Å². The minimum Gasteiger partial charge on any atom is -0.325 e. The Balaban J connectivity index is 1.52. The van der Waals surface area contributed by atoms with Gasteiger partial charge in [0.05, 0.1) is 25.3 Å². The second-order valence-electron chi connectivity index (χ2n) is 9.14. The third kappa shape index (κ3) is 9.02. The third-order valence-corrected chi connectivity index (χ3v) is 8.96. The molecule has 0 aromatic heterocycles. The van der Waals surface area contributed by atoms with Crippen LogP contribution in [0.1, 0.15) is 29.3 Å². The molecule has 0 aliphatic heterocycles. The summed E-state index contributed by atoms with van der Waals surface area (Å²) >= 11 is 25.9. The molecule has 0 fully saturated rings. The first kappa shape index (κ1) is 32.5. The number of thioether (sulfide) groups is 1. The van der Waals surface area contributed by atoms with E-state index in [2.05, 4.69) is 16.0 Å². The van der Waals surface area contributed by atoms with Crippen molar-refractivity contribution < 1.29 is 14.4 Å². The van der Waals surface area contributed by atoms with E-state index in [0.717, 1.165) is 4.90 Å². The molecule has 11 heteroatoms. The standard InChI is InChI=1S/C32H25Cl4N3O3S/c1-2-28(32(42)38-22-14-15-24(33)26(35)18-22)43-23-12-7-11-21(17-23)37-31(41)27(16-20-10-6-13-25(34)29(20)36)39-30(40)19-8-4-3-5-9-19/h3-18,28H,2H2,1H3,(H,37,41)(H,38,42)(H,39,40)/b27-16+. The van der Waals surface area contributed by atoms with Gasteiger partial charge in [-0.2, -0.15) is 0 Å². The van der Waals surface area contributed by atoms with Crippen LogP contribution in [0.3, 0.4) is 0 Å². The molecule has 3 amide bonds. The maximum absolute atomic E-state index is 13.5. The van der Waals surface area contributed by atoms with Crippen LogP contribution in [0.15, 0.2) is 102 Å². The number of carbonyl (C=O) groups is 3. The summed E-state index contributed by atoms with van der Waals surface area (Å²) in [7, 11) is 0. The molecule has 4 rings (SSSR count). The SMILES string of the molecule is CCC(Sc1cccc(NC(=O)/C(=C\c2cccc(Cl)c2Cl)NC(=O)c2ccccc2)c1)C(=O)Nc1ccc(Cl)c(Cl)c1. The number of anilines is 2. The van der Waals surface area contributed by atoms with E-state index in [1.54, 1.807) is 84.9 Å². The molecular weight excluding hydrogens is 648 g/mol. The van der Waals surface area contributed by atoms with Gasteiger partial charge in [-0.15, -0.1) is 11.8 Å². The van der Waals surface area contributed by atoms with Crippen LogP contribution in [-0.4, -0.2) is 23.0 Å². The van der Waals surface area contributed by atoms with Crippen molar-refractivity contribution in [3.05, 3.63) is 128 Å². The van der Waals surface area contributed by atoms with Crippen LogP contribution in [0.25, 0.3) is 6.08 Å². The van der Waals surface area contributed by atoms with Gasteiger partial charge in [0.15, 0.2) is 0 Å². The zero-order valence-electron chi connectivity index (χ0n) is 22.7. The van der Waals surface area contributed by atoms with E-state index in [9.17, 15) is 14.4 Å². The highest BCUT2D eigenvalue weighted by Gasteiger charge is 2.20. The average molecular weight is 673 g/mol. The van der Waals surface area contributed by atoms with E-state index in [-0.39, 0.29) is 16.6 Å². The summed E-state index contributed by atoms with van der Waals surface area (Å²) in [5, 5.41) is 9.24. The molecule has 0 saturated heterocycles. The summed E-state index contributed by atoms with van der Waals surface area (Å²) in [6.45, 7) is 1.91. The van der Waals surface area contributed by atoms with Gasteiger partial charge in [0.2, 0.25) is 5.91 Å². The maximum Gasteiger partial charge on any atom is 0.272 e. The van der Waals surface area contributed by atoms with Crippen molar-refractivity contribution in [2.45, 2.75) is 23.5 Å². The number of halogens is 4. The molecule has 0 spiro atoms. The first-order valence-corrected chi connectivity index (χ1v) is 15.4. The fourth-order valence-corrected chi connectivity index (χ4v) is 5.53. The molecule has 0 bridgehead atoms. The number of rotatable bonds is 10. The average Bonchev–Trinajstić information content (AvgIpc) is 3.00. The minimum absolute atomic E-state index is 0.0384. The lowest BCUT2D eigenvalue weighted by molar-refractivity contribution is -0.116. The van der Waals surface area contributed by atoms with Crippen LogP contribution >= 0.6 is 58.2 Å². The summed E-state index contributed by atoms with van der Waals surface area (Å²) in [5.41, 5.74) is 1.80. The Labute approximate surface area is 273 Å². The van der Waals surface area contributed by atoms with E-state index in [1.807, 2.05) is 13.0 Å². The molecule has 220 valence electrons. The predicted octanol–water partition coefficient (Wildman–Crippen LogP) is 9.22. The van der Waals surface area contributed by atoms with Crippen LogP contribution in [-0.2, 0) is 9.59 Å². The first-order chi connectivity index (χ1) is 20.6. The summed E-state index contributed by atoms with van der Waals surface area (Å²) in [5.74, 6) is -1.25. The van der Waals surface area contributed by atoms with Gasteiger partial charge >= 0.3 is 0 Å². The molecule has 4 aromatic carbocycles. The second kappa shape index (κ2) is 15.3. The normalized spacial score (nSPS) is 11.9. The Hall–Kier alpha value is -3.46. The minimum atomic E-state index is -0.577. The quantitative estimate of drug-likeness (QED) is 0.116. The highest BCUT2D eigenvalue weighted by atomic mass is 35.5. The van der Waals surface area contributed by atoms with Crippen LogP contribution in [0, 0.1) is 0 Å². The monoisotopic (exact) mass is 671 g/mol. The van der Waals surface area contributed by atoms with Crippen LogP contribution < -0.4 is 16.0 Å². The van der Waals surface area contributed by atoms with Gasteiger partial charge in [-0.3, -0.25) is 14.4 Å². The predicted molar refractivity (Wildman–Crippen MR) is 178 cm³/mol. The van der Waals surface area contributed by atoms with Crippen molar-refractivity contribution in [2.75, 3.05) is 10.6 Å². The first-order valence-electron chi connectivity index (χ1n) is 13.0. The third-order valence-electron chi connectivity index (χ3n) is 6.03. The number of benzene rings is 4. The molecule has 1 unspecified atom stereocenters. The molecule has 43 heavy (non-hydrogen) atoms. The number of amides is 3. The molecule has 0 aliphatic carbocycles. The number of hydrogen-bond donors (Lipinski definition) is 3. The van der Waals surface area contributed by atoms with Gasteiger partial charge < -0.3 is 16.0 Å². The van der Waals surface area contributed by atoms with Crippen molar-refractivity contribution in [3.8, 4) is 0 Å². The van der Waals surface area contributed by atoms with E-state index >= 15 is 0 Å². The molecule has 6 nitrogen and oxygen atoms in total. The van der Waals surface area contributed by atoms with Gasteiger partial charge in [-0.1, -0.05) is 89.7 Å². The molecule has 0 radical (unpaired) electrons. The van der Waals surface area contributed by atoms with E-state index in [0.29, 0.717) is 44.0 Å². The van der Waals surface area contributed by atoms with Crippen molar-refractivity contribution in [2.24, 2.45) is 0 Å². The summed E-state index contributed by atoms with van der Waals surface area (Å²) in [6, 6.07) is 25.5. The highest BCUT2D eigenvalue weighted by Crippen LogP contribution is 2.31. The molecule has 4 aromatic rings. The van der Waals surface area contributed by atoms with Crippen molar-refractivity contribution >= 4 is 93.3 Å². The molecule has 0 heterocycles. The van der Waals surface area contributed by atoms with Crippen LogP contribution in [0.5, 0.6) is 0 Å². The van der Waals surface area contributed by atoms with Crippen molar-refractivity contribution in [3.63, 3.8) is 0 Å². The lowest BCUT2D eigenvalue weighted by atomic mass is 10.1. The van der Waals surface area contributed by atoms with Crippen molar-refractivity contribution in [1.29, 1.82) is 0 Å². The summed E-state index contributed by atoms with van der Waals surface area (Å²) < 4.78 is 0. The van der Waals surface area contributed by atoms with Crippen LogP contribution in [0.2, 0.25) is 20.1 Å². The smallest absolute Gasteiger partial charge is 0.272 e. The second-order valence-corrected chi connectivity index (χ2v) is 12.0. The number of nitrogens with one attached hydrogen (secondary N) is 3. The zero-order valence-corrected chi connectivity index (χ0v) is 26.5. The Morgan fingerprint density at radius 2 is 1.49 bits per heavy atom. The molecule has 3 N–H and O–H groups in total. The Kier molecular flexibility index (Phi) is 11.6. The fourth-order valence-electron chi connectivity index (χ4n) is 3.86. The van der Waals surface area contributed by atoms with Crippen LogP contribution in [0.4, 0.5) is 11.4 Å². The van der Waals surface area contributed by atoms with E-state index in [1.165, 1.54) is 17.8 Å². The largest absolute Gasteiger partial charge is 0.325 e. The van der Waals surface area contributed by atoms with Gasteiger partial charge in [-0.05, 0) is 72.7 Å². The number of carbonyl (C=O) groups excluding carboxylic acids is 3. The number of hydrogen-bond acceptors (Lipinski definition) is 4. The Bertz CT molecular complexity index is 1680. The maximum atomic E-state index is 13.5. The van der Waals surface area contributed by atoms with Gasteiger partial charge in [-0.25, -0.2) is 0 Å². The fraction of sp³-hybridized carbons (Fsp3) is 0.0938. The Morgan fingerprint density at radius 3 is 2.21 bits per heavy atom. The summed E-state index contributed by atoms with van der Waals surface area (Å²) in [6.07, 6.45) is 2.01. The van der Waals surface area contributed by atoms with Gasteiger partial charge in [0, 0.05) is 21.8 Å². The van der Waals surface area contributed by atoms with E-state index in [4.69, 9.17) is 46.4 Å². The molecule has 0 aliphatic rings. The summed E-state index contributed by atoms with van der Waals surface area (Å²) in [4.78, 5) is 40.2. The van der Waals surface area contributed by atoms with Gasteiger partial charge in [0.25, 0.3) is 11.8 Å². The lowest BCUT2D eigenvalue weighted by Gasteiger charge is -2.16. The molecule has 0 saturated carbocycles. The Morgan fingerprint density at radius 1 is 0.767 bits per heavy atom. The molecule has 1 atom stereocenters.